The largest absolute Gasteiger partial charge is 0.489 e. The molecule has 1 aliphatic rings. The number of rotatable bonds is 4. The highest BCUT2D eigenvalue weighted by molar-refractivity contribution is 7.92. The molecule has 32 heavy (non-hydrogen) atoms. The number of ether oxygens (including phenoxy) is 1. The van der Waals surface area contributed by atoms with Gasteiger partial charge in [0.05, 0.1) is 28.4 Å². The molecule has 0 spiro atoms. The molecule has 2 heterocycles. The maximum absolute atomic E-state index is 13.3. The lowest BCUT2D eigenvalue weighted by molar-refractivity contribution is -0.137. The summed E-state index contributed by atoms with van der Waals surface area (Å²) in [7, 11) is -0.539. The van der Waals surface area contributed by atoms with E-state index < -0.39 is 26.7 Å². The average Bonchev–Trinajstić information content (AvgIpc) is 2.78. The molecule has 4 rings (SSSR count). The third-order valence-corrected chi connectivity index (χ3v) is 6.83. The summed E-state index contributed by atoms with van der Waals surface area (Å²) in [4.78, 5) is 5.98. The number of nitrogens with zero attached hydrogens (tertiary/aromatic N) is 3. The Kier molecular flexibility index (Phi) is 5.49. The van der Waals surface area contributed by atoms with Gasteiger partial charge >= 0.3 is 6.18 Å². The molecule has 0 amide bonds. The number of halogens is 3. The number of anilines is 2. The van der Waals surface area contributed by atoms with Gasteiger partial charge in [0.2, 0.25) is 0 Å². The highest BCUT2D eigenvalue weighted by atomic mass is 32.2. The van der Waals surface area contributed by atoms with Crippen LogP contribution in [0.15, 0.2) is 65.6 Å². The van der Waals surface area contributed by atoms with E-state index in [9.17, 15) is 21.6 Å². The van der Waals surface area contributed by atoms with Crippen LogP contribution in [0.3, 0.4) is 0 Å². The fourth-order valence-corrected chi connectivity index (χ4v) is 4.89. The molecule has 1 aliphatic heterocycles. The summed E-state index contributed by atoms with van der Waals surface area (Å²) in [6, 6.07) is 14.2. The highest BCUT2D eigenvalue weighted by Gasteiger charge is 2.34. The highest BCUT2D eigenvalue weighted by Crippen LogP contribution is 2.39. The molecule has 6 nitrogen and oxygen atoms in total. The quantitative estimate of drug-likeness (QED) is 0.573. The van der Waals surface area contributed by atoms with Crippen molar-refractivity contribution >= 4 is 21.5 Å². The summed E-state index contributed by atoms with van der Waals surface area (Å²) in [5.74, 6) is 1.06. The van der Waals surface area contributed by atoms with Crippen molar-refractivity contribution in [1.82, 2.24) is 4.98 Å². The molecule has 2 aromatic carbocycles. The van der Waals surface area contributed by atoms with E-state index in [1.807, 2.05) is 31.1 Å². The van der Waals surface area contributed by atoms with E-state index in [1.165, 1.54) is 0 Å². The van der Waals surface area contributed by atoms with Crippen LogP contribution in [0.2, 0.25) is 0 Å². The molecule has 0 saturated heterocycles. The number of fused-ring (bicyclic) bond motifs is 1. The lowest BCUT2D eigenvalue weighted by Gasteiger charge is -2.31. The molecular formula is C22H20F3N3O3S. The molecule has 0 aliphatic carbocycles. The van der Waals surface area contributed by atoms with Crippen LogP contribution in [-0.4, -0.2) is 40.6 Å². The normalized spacial score (nSPS) is 14.0. The van der Waals surface area contributed by atoms with Gasteiger partial charge in [-0.25, -0.2) is 13.4 Å². The van der Waals surface area contributed by atoms with Crippen LogP contribution in [-0.2, 0) is 16.2 Å². The zero-order chi connectivity index (χ0) is 23.1. The van der Waals surface area contributed by atoms with E-state index in [-0.39, 0.29) is 18.8 Å². The average molecular weight is 463 g/mol. The number of sulfonamides is 1. The van der Waals surface area contributed by atoms with Gasteiger partial charge in [0.15, 0.2) is 0 Å². The third kappa shape index (κ3) is 4.10. The molecule has 0 saturated carbocycles. The Morgan fingerprint density at radius 1 is 1.03 bits per heavy atom. The Balaban J connectivity index is 1.78. The summed E-state index contributed by atoms with van der Waals surface area (Å²) >= 11 is 0. The van der Waals surface area contributed by atoms with Crippen molar-refractivity contribution in [3.63, 3.8) is 0 Å². The van der Waals surface area contributed by atoms with Crippen molar-refractivity contribution < 1.29 is 26.3 Å². The maximum atomic E-state index is 13.3. The molecule has 0 radical (unpaired) electrons. The van der Waals surface area contributed by atoms with Gasteiger partial charge in [-0.3, -0.25) is 4.31 Å². The Morgan fingerprint density at radius 2 is 1.78 bits per heavy atom. The van der Waals surface area contributed by atoms with Gasteiger partial charge in [0.25, 0.3) is 10.0 Å². The Bertz CT molecular complexity index is 1260. The molecule has 0 atom stereocenters. The number of benzene rings is 2. The summed E-state index contributed by atoms with van der Waals surface area (Å²) in [5.41, 5.74) is 0.511. The third-order valence-electron chi connectivity index (χ3n) is 5.02. The van der Waals surface area contributed by atoms with Crippen LogP contribution in [0, 0.1) is 0 Å². The molecule has 0 fully saturated rings. The monoisotopic (exact) mass is 463 g/mol. The lowest BCUT2D eigenvalue weighted by Crippen LogP contribution is -2.38. The fourth-order valence-electron chi connectivity index (χ4n) is 3.40. The van der Waals surface area contributed by atoms with Crippen LogP contribution in [0.4, 0.5) is 24.7 Å². The van der Waals surface area contributed by atoms with Crippen molar-refractivity contribution in [2.24, 2.45) is 0 Å². The Labute approximate surface area is 183 Å². The van der Waals surface area contributed by atoms with Crippen molar-refractivity contribution in [3.8, 4) is 17.0 Å². The van der Waals surface area contributed by atoms with E-state index in [1.54, 1.807) is 24.3 Å². The summed E-state index contributed by atoms with van der Waals surface area (Å²) < 4.78 is 72.7. The molecule has 168 valence electrons. The molecule has 0 unspecified atom stereocenters. The Morgan fingerprint density at radius 3 is 2.50 bits per heavy atom. The first-order valence-electron chi connectivity index (χ1n) is 9.69. The van der Waals surface area contributed by atoms with Crippen LogP contribution in [0.1, 0.15) is 5.56 Å². The first-order valence-corrected chi connectivity index (χ1v) is 11.1. The molecule has 10 heteroatoms. The van der Waals surface area contributed by atoms with Crippen LogP contribution >= 0.6 is 0 Å². The molecule has 0 N–H and O–H groups in total. The molecular weight excluding hydrogens is 443 g/mol. The van der Waals surface area contributed by atoms with Crippen LogP contribution < -0.4 is 13.9 Å². The summed E-state index contributed by atoms with van der Waals surface area (Å²) in [6.45, 7) is 0.0547. The predicted octanol–water partition coefficient (Wildman–Crippen LogP) is 4.42. The number of pyridine rings is 1. The smallest absolute Gasteiger partial charge is 0.416 e. The van der Waals surface area contributed by atoms with Crippen molar-refractivity contribution in [1.29, 1.82) is 0 Å². The molecule has 0 bridgehead atoms. The van der Waals surface area contributed by atoms with Gasteiger partial charge in [-0.15, -0.1) is 0 Å². The minimum Gasteiger partial charge on any atom is -0.489 e. The Hall–Kier alpha value is -3.27. The summed E-state index contributed by atoms with van der Waals surface area (Å²) in [5, 5.41) is 0. The van der Waals surface area contributed by atoms with Gasteiger partial charge in [-0.1, -0.05) is 12.1 Å². The molecule has 3 aromatic rings. The first-order chi connectivity index (χ1) is 15.1. The molecule has 1 aromatic heterocycles. The van der Waals surface area contributed by atoms with E-state index in [4.69, 9.17) is 4.74 Å². The van der Waals surface area contributed by atoms with Gasteiger partial charge in [0, 0.05) is 19.7 Å². The number of aromatic nitrogens is 1. The van der Waals surface area contributed by atoms with Crippen LogP contribution in [0.5, 0.6) is 5.75 Å². The van der Waals surface area contributed by atoms with E-state index in [0.717, 1.165) is 28.3 Å². The standard InChI is InChI=1S/C22H20F3N3O3S/c1-27(2)21-8-4-7-18(26-21)15-9-10-20-19(13-15)28(11-12-31-20)32(29,30)17-6-3-5-16(14-17)22(23,24)25/h3-10,13-14H,11-12H2,1-2H3. The second-order valence-corrected chi connectivity index (χ2v) is 9.27. The summed E-state index contributed by atoms with van der Waals surface area (Å²) in [6.07, 6.45) is -4.65. The van der Waals surface area contributed by atoms with Gasteiger partial charge in [-0.2, -0.15) is 13.2 Å². The number of hydrogen-bond donors (Lipinski definition) is 0. The topological polar surface area (TPSA) is 62.7 Å². The maximum Gasteiger partial charge on any atom is 0.416 e. The number of alkyl halides is 3. The SMILES string of the molecule is CN(C)c1cccc(-c2ccc3c(c2)N(S(=O)(=O)c2cccc(C(F)(F)F)c2)CCO3)n1. The zero-order valence-corrected chi connectivity index (χ0v) is 18.1. The van der Waals surface area contributed by atoms with Crippen molar-refractivity contribution in [3.05, 3.63) is 66.2 Å². The van der Waals surface area contributed by atoms with Crippen molar-refractivity contribution in [2.45, 2.75) is 11.1 Å². The van der Waals surface area contributed by atoms with Crippen LogP contribution in [0.25, 0.3) is 11.3 Å². The van der Waals surface area contributed by atoms with Crippen molar-refractivity contribution in [2.75, 3.05) is 36.5 Å². The number of hydrogen-bond acceptors (Lipinski definition) is 5. The lowest BCUT2D eigenvalue weighted by atomic mass is 10.1. The minimum absolute atomic E-state index is 0.0276. The first kappa shape index (κ1) is 21.9. The second-order valence-electron chi connectivity index (χ2n) is 7.41. The zero-order valence-electron chi connectivity index (χ0n) is 17.3. The second kappa shape index (κ2) is 8.01. The van der Waals surface area contributed by atoms with E-state index in [0.29, 0.717) is 23.1 Å². The minimum atomic E-state index is -4.65. The van der Waals surface area contributed by atoms with Gasteiger partial charge < -0.3 is 9.64 Å². The van der Waals surface area contributed by atoms with Gasteiger partial charge in [0.1, 0.15) is 18.2 Å². The van der Waals surface area contributed by atoms with E-state index in [2.05, 4.69) is 4.98 Å². The fraction of sp³-hybridized carbons (Fsp3) is 0.227. The predicted molar refractivity (Wildman–Crippen MR) is 115 cm³/mol. The van der Waals surface area contributed by atoms with E-state index >= 15 is 0 Å². The van der Waals surface area contributed by atoms with Gasteiger partial charge in [-0.05, 0) is 48.5 Å².